The summed E-state index contributed by atoms with van der Waals surface area (Å²) in [5, 5.41) is 0. The Morgan fingerprint density at radius 3 is 2.65 bits per heavy atom. The first kappa shape index (κ1) is 9.96. The van der Waals surface area contributed by atoms with E-state index in [-0.39, 0.29) is 0 Å². The van der Waals surface area contributed by atoms with Crippen molar-refractivity contribution in [2.24, 2.45) is 0 Å². The van der Waals surface area contributed by atoms with E-state index in [2.05, 4.69) is 19.9 Å². The molecule has 0 aromatic carbocycles. The van der Waals surface area contributed by atoms with Crippen LogP contribution in [-0.2, 0) is 0 Å². The summed E-state index contributed by atoms with van der Waals surface area (Å²) in [5.41, 5.74) is 4.92. The number of hydrogen-bond donors (Lipinski definition) is 1. The molecule has 0 amide bonds. The lowest BCUT2D eigenvalue weighted by molar-refractivity contribution is 1.19. The standard InChI is InChI=1S/C13H12N4/c1-8-3-5-15-13-11(8)16-12(17-13)10-4-6-14-9(2)7-10/h3-7H,1-2H3,(H,15,16,17). The van der Waals surface area contributed by atoms with Crippen molar-refractivity contribution in [2.75, 3.05) is 0 Å². The van der Waals surface area contributed by atoms with Crippen molar-refractivity contribution in [2.45, 2.75) is 13.8 Å². The van der Waals surface area contributed by atoms with Gasteiger partial charge in [-0.05, 0) is 37.6 Å². The smallest absolute Gasteiger partial charge is 0.178 e. The molecule has 0 spiro atoms. The van der Waals surface area contributed by atoms with Gasteiger partial charge in [0.05, 0.1) is 5.52 Å². The van der Waals surface area contributed by atoms with Crippen LogP contribution in [0.4, 0.5) is 0 Å². The Bertz CT molecular complexity index is 685. The summed E-state index contributed by atoms with van der Waals surface area (Å²) < 4.78 is 0. The topological polar surface area (TPSA) is 54.5 Å². The van der Waals surface area contributed by atoms with E-state index in [1.807, 2.05) is 32.0 Å². The SMILES string of the molecule is Cc1cc(-c2nc3nccc(C)c3[nH]2)ccn1. The zero-order chi connectivity index (χ0) is 11.8. The summed E-state index contributed by atoms with van der Waals surface area (Å²) in [5.74, 6) is 0.840. The molecule has 3 aromatic heterocycles. The largest absolute Gasteiger partial charge is 0.336 e. The Morgan fingerprint density at radius 1 is 1.06 bits per heavy atom. The Hall–Kier alpha value is -2.23. The van der Waals surface area contributed by atoms with Crippen LogP contribution in [0.25, 0.3) is 22.6 Å². The highest BCUT2D eigenvalue weighted by Crippen LogP contribution is 2.20. The van der Waals surface area contributed by atoms with Gasteiger partial charge in [-0.25, -0.2) is 9.97 Å². The third-order valence-electron chi connectivity index (χ3n) is 2.77. The van der Waals surface area contributed by atoms with Crippen molar-refractivity contribution in [3.8, 4) is 11.4 Å². The number of nitrogens with one attached hydrogen (secondary N) is 1. The first-order chi connectivity index (χ1) is 8.24. The van der Waals surface area contributed by atoms with E-state index in [0.717, 1.165) is 33.8 Å². The number of fused-ring (bicyclic) bond motifs is 1. The van der Waals surface area contributed by atoms with Crippen LogP contribution in [0, 0.1) is 13.8 Å². The maximum atomic E-state index is 4.49. The molecule has 0 atom stereocenters. The third kappa shape index (κ3) is 1.67. The fourth-order valence-corrected chi connectivity index (χ4v) is 1.86. The van der Waals surface area contributed by atoms with E-state index in [0.29, 0.717) is 0 Å². The minimum Gasteiger partial charge on any atom is -0.336 e. The van der Waals surface area contributed by atoms with E-state index < -0.39 is 0 Å². The molecule has 3 aromatic rings. The third-order valence-corrected chi connectivity index (χ3v) is 2.77. The molecule has 17 heavy (non-hydrogen) atoms. The normalized spacial score (nSPS) is 10.9. The van der Waals surface area contributed by atoms with Crippen LogP contribution in [-0.4, -0.2) is 19.9 Å². The number of H-pyrrole nitrogens is 1. The summed E-state index contributed by atoms with van der Waals surface area (Å²) in [6, 6.07) is 5.93. The predicted octanol–water partition coefficient (Wildman–Crippen LogP) is 2.64. The first-order valence-corrected chi connectivity index (χ1v) is 5.48. The molecule has 84 valence electrons. The van der Waals surface area contributed by atoms with Gasteiger partial charge in [-0.2, -0.15) is 0 Å². The lowest BCUT2D eigenvalue weighted by atomic mass is 10.2. The number of aryl methyl sites for hydroxylation is 2. The average Bonchev–Trinajstić information content (AvgIpc) is 2.74. The molecule has 0 saturated carbocycles. The molecule has 3 heterocycles. The van der Waals surface area contributed by atoms with Crippen molar-refractivity contribution < 1.29 is 0 Å². The average molecular weight is 224 g/mol. The van der Waals surface area contributed by atoms with Gasteiger partial charge < -0.3 is 4.98 Å². The Kier molecular flexibility index (Phi) is 2.14. The van der Waals surface area contributed by atoms with Crippen LogP contribution in [0.5, 0.6) is 0 Å². The van der Waals surface area contributed by atoms with Crippen molar-refractivity contribution in [1.82, 2.24) is 19.9 Å². The molecule has 0 aliphatic heterocycles. The van der Waals surface area contributed by atoms with Gasteiger partial charge in [0.25, 0.3) is 0 Å². The van der Waals surface area contributed by atoms with Gasteiger partial charge in [-0.15, -0.1) is 0 Å². The number of imidazole rings is 1. The van der Waals surface area contributed by atoms with Crippen LogP contribution >= 0.6 is 0 Å². The lowest BCUT2D eigenvalue weighted by Gasteiger charge is -1.96. The van der Waals surface area contributed by atoms with E-state index >= 15 is 0 Å². The molecule has 1 N–H and O–H groups in total. The maximum Gasteiger partial charge on any atom is 0.178 e. The van der Waals surface area contributed by atoms with Gasteiger partial charge >= 0.3 is 0 Å². The molecule has 4 heteroatoms. The lowest BCUT2D eigenvalue weighted by Crippen LogP contribution is -1.84. The van der Waals surface area contributed by atoms with Gasteiger partial charge in [-0.1, -0.05) is 0 Å². The van der Waals surface area contributed by atoms with Gasteiger partial charge in [0.1, 0.15) is 5.82 Å². The second-order valence-electron chi connectivity index (χ2n) is 4.10. The molecule has 4 nitrogen and oxygen atoms in total. The molecule has 0 saturated heterocycles. The van der Waals surface area contributed by atoms with E-state index in [9.17, 15) is 0 Å². The molecule has 0 bridgehead atoms. The number of aromatic nitrogens is 4. The molecule has 0 aliphatic rings. The summed E-state index contributed by atoms with van der Waals surface area (Å²) >= 11 is 0. The summed E-state index contributed by atoms with van der Waals surface area (Å²) in [4.78, 5) is 16.2. The Morgan fingerprint density at radius 2 is 1.88 bits per heavy atom. The predicted molar refractivity (Wildman–Crippen MR) is 66.6 cm³/mol. The van der Waals surface area contributed by atoms with Crippen molar-refractivity contribution >= 4 is 11.2 Å². The summed E-state index contributed by atoms with van der Waals surface area (Å²) in [6.07, 6.45) is 3.57. The fourth-order valence-electron chi connectivity index (χ4n) is 1.86. The van der Waals surface area contributed by atoms with Gasteiger partial charge in [-0.3, -0.25) is 4.98 Å². The van der Waals surface area contributed by atoms with Crippen molar-refractivity contribution in [3.63, 3.8) is 0 Å². The van der Waals surface area contributed by atoms with Crippen molar-refractivity contribution in [3.05, 3.63) is 41.9 Å². The maximum absolute atomic E-state index is 4.49. The van der Waals surface area contributed by atoms with Crippen LogP contribution in [0.15, 0.2) is 30.6 Å². The zero-order valence-electron chi connectivity index (χ0n) is 9.73. The second-order valence-corrected chi connectivity index (χ2v) is 4.10. The molecular weight excluding hydrogens is 212 g/mol. The molecule has 3 rings (SSSR count). The van der Waals surface area contributed by atoms with Crippen molar-refractivity contribution in [1.29, 1.82) is 0 Å². The van der Waals surface area contributed by atoms with Gasteiger partial charge in [0.15, 0.2) is 5.65 Å². The number of aromatic amines is 1. The fraction of sp³-hybridized carbons (Fsp3) is 0.154. The van der Waals surface area contributed by atoms with Gasteiger partial charge in [0, 0.05) is 23.7 Å². The number of rotatable bonds is 1. The first-order valence-electron chi connectivity index (χ1n) is 5.48. The van der Waals surface area contributed by atoms with E-state index in [4.69, 9.17) is 0 Å². The van der Waals surface area contributed by atoms with Crippen LogP contribution in [0.3, 0.4) is 0 Å². The zero-order valence-corrected chi connectivity index (χ0v) is 9.73. The highest BCUT2D eigenvalue weighted by Gasteiger charge is 2.07. The Labute approximate surface area is 98.8 Å². The van der Waals surface area contributed by atoms with Gasteiger partial charge in [0.2, 0.25) is 0 Å². The number of nitrogens with zero attached hydrogens (tertiary/aromatic N) is 3. The van der Waals surface area contributed by atoms with E-state index in [1.54, 1.807) is 12.4 Å². The minimum atomic E-state index is 0.759. The number of hydrogen-bond acceptors (Lipinski definition) is 3. The highest BCUT2D eigenvalue weighted by atomic mass is 15.0. The molecular formula is C13H12N4. The molecule has 0 fully saturated rings. The van der Waals surface area contributed by atoms with Crippen LogP contribution < -0.4 is 0 Å². The summed E-state index contributed by atoms with van der Waals surface area (Å²) in [6.45, 7) is 4.01. The molecule has 0 radical (unpaired) electrons. The molecule has 0 aliphatic carbocycles. The van der Waals surface area contributed by atoms with E-state index in [1.165, 1.54) is 0 Å². The second kappa shape index (κ2) is 3.66. The minimum absolute atomic E-state index is 0.759. The number of pyridine rings is 2. The van der Waals surface area contributed by atoms with Crippen LogP contribution in [0.1, 0.15) is 11.3 Å². The highest BCUT2D eigenvalue weighted by molar-refractivity contribution is 5.78. The molecule has 0 unspecified atom stereocenters. The van der Waals surface area contributed by atoms with Crippen LogP contribution in [0.2, 0.25) is 0 Å². The quantitative estimate of drug-likeness (QED) is 0.691. The Balaban J connectivity index is 2.22. The summed E-state index contributed by atoms with van der Waals surface area (Å²) in [7, 11) is 0. The monoisotopic (exact) mass is 224 g/mol.